The Morgan fingerprint density at radius 2 is 1.61 bits per heavy atom. The molecule has 1 saturated heterocycles. The lowest BCUT2D eigenvalue weighted by molar-refractivity contribution is 0.122. The Morgan fingerprint density at radius 3 is 2.11 bits per heavy atom. The third-order valence-electron chi connectivity index (χ3n) is 4.62. The molecule has 0 aromatic heterocycles. The van der Waals surface area contributed by atoms with Crippen LogP contribution in [0.5, 0.6) is 5.75 Å². The van der Waals surface area contributed by atoms with Gasteiger partial charge in [0.15, 0.2) is 0 Å². The van der Waals surface area contributed by atoms with Crippen molar-refractivity contribution >= 4 is 11.5 Å². The van der Waals surface area contributed by atoms with Crippen LogP contribution in [0.2, 0.25) is 0 Å². The highest BCUT2D eigenvalue weighted by atomic mass is 16.5. The number of benzene rings is 2. The number of hydrogen-bond acceptors (Lipinski definition) is 4. The quantitative estimate of drug-likeness (QED) is 0.329. The van der Waals surface area contributed by atoms with Gasteiger partial charge in [0.2, 0.25) is 0 Å². The molecule has 3 N–H and O–H groups in total. The summed E-state index contributed by atoms with van der Waals surface area (Å²) in [4.78, 5) is 2.36. The molecule has 0 amide bonds. The molecule has 0 unspecified atom stereocenters. The second kappa shape index (κ2) is 21.3. The molecule has 36 heavy (non-hydrogen) atoms. The van der Waals surface area contributed by atoms with E-state index in [2.05, 4.69) is 81.1 Å². The van der Waals surface area contributed by atoms with Crippen LogP contribution in [0.4, 0.5) is 5.69 Å². The van der Waals surface area contributed by atoms with Gasteiger partial charge in [0.05, 0.1) is 19.0 Å². The van der Waals surface area contributed by atoms with Crippen molar-refractivity contribution in [3.63, 3.8) is 0 Å². The Bertz CT molecular complexity index is 890. The highest BCUT2D eigenvalue weighted by Crippen LogP contribution is 2.20. The number of nitrogens with one attached hydrogen (secondary N) is 1. The Balaban J connectivity index is -0.000000475. The number of allylic oxidation sites excluding steroid dienone is 4. The van der Waals surface area contributed by atoms with Crippen LogP contribution >= 0.6 is 0 Å². The Labute approximate surface area is 223 Å². The summed E-state index contributed by atoms with van der Waals surface area (Å²) in [5, 5.41) is 6.28. The van der Waals surface area contributed by atoms with Gasteiger partial charge in [-0.25, -0.2) is 0 Å². The molecular formula is C31H53N3O2. The summed E-state index contributed by atoms with van der Waals surface area (Å²) in [7, 11) is 0. The van der Waals surface area contributed by atoms with Crippen molar-refractivity contribution in [1.29, 1.82) is 5.41 Å². The van der Waals surface area contributed by atoms with Crippen molar-refractivity contribution in [2.24, 2.45) is 5.73 Å². The summed E-state index contributed by atoms with van der Waals surface area (Å²) in [5.74, 6) is 2.16. The topological polar surface area (TPSA) is 71.6 Å². The van der Waals surface area contributed by atoms with Gasteiger partial charge in [0.1, 0.15) is 11.5 Å². The maximum atomic E-state index is 6.28. The van der Waals surface area contributed by atoms with E-state index < -0.39 is 0 Å². The van der Waals surface area contributed by atoms with Crippen LogP contribution in [0.3, 0.4) is 0 Å². The lowest BCUT2D eigenvalue weighted by Crippen LogP contribution is -2.36. The van der Waals surface area contributed by atoms with Crippen molar-refractivity contribution in [1.82, 2.24) is 0 Å². The molecule has 0 saturated carbocycles. The average molecular weight is 500 g/mol. The normalized spacial score (nSPS) is 13.5. The van der Waals surface area contributed by atoms with E-state index in [1.54, 1.807) is 0 Å². The fraction of sp³-hybridized carbons (Fsp3) is 0.452. The third kappa shape index (κ3) is 16.6. The first-order valence-corrected chi connectivity index (χ1v) is 13.2. The van der Waals surface area contributed by atoms with Crippen molar-refractivity contribution in [2.75, 3.05) is 31.2 Å². The number of nitrogens with zero attached hydrogens (tertiary/aromatic N) is 1. The molecule has 2 aromatic carbocycles. The molecule has 1 fully saturated rings. The number of ether oxygens (including phenoxy) is 2. The van der Waals surface area contributed by atoms with Gasteiger partial charge >= 0.3 is 0 Å². The first kappa shape index (κ1) is 33.0. The summed E-state index contributed by atoms with van der Waals surface area (Å²) in [6.45, 7) is 17.7. The van der Waals surface area contributed by atoms with Gasteiger partial charge in [0.25, 0.3) is 0 Å². The number of aryl methyl sites for hydroxylation is 2. The number of nitrogens with two attached hydrogens (primary N) is 1. The first-order chi connectivity index (χ1) is 17.3. The van der Waals surface area contributed by atoms with Crippen LogP contribution in [0.25, 0.3) is 0 Å². The molecule has 204 valence electrons. The molecule has 2 aromatic rings. The highest BCUT2D eigenvalue weighted by Gasteiger charge is 2.10. The summed E-state index contributed by atoms with van der Waals surface area (Å²) < 4.78 is 11.0. The average Bonchev–Trinajstić information content (AvgIpc) is 2.88. The fourth-order valence-electron chi connectivity index (χ4n) is 3.07. The molecule has 0 bridgehead atoms. The second-order valence-electron chi connectivity index (χ2n) is 8.34. The van der Waals surface area contributed by atoms with Gasteiger partial charge in [0, 0.05) is 28.1 Å². The molecule has 1 heterocycles. The zero-order valence-electron chi connectivity index (χ0n) is 23.6. The minimum absolute atomic E-state index is 0. The smallest absolute Gasteiger partial charge is 0.127 e. The molecular weight excluding hydrogens is 446 g/mol. The van der Waals surface area contributed by atoms with Gasteiger partial charge in [-0.15, -0.1) is 0 Å². The maximum absolute atomic E-state index is 6.28. The Hall–Kier alpha value is -3.05. The Kier molecular flexibility index (Phi) is 19.5. The fourth-order valence-corrected chi connectivity index (χ4v) is 3.07. The predicted octanol–water partition coefficient (Wildman–Crippen LogP) is 8.32. The van der Waals surface area contributed by atoms with Crippen molar-refractivity contribution < 1.29 is 12.3 Å². The molecule has 5 heteroatoms. The zero-order valence-corrected chi connectivity index (χ0v) is 23.6. The van der Waals surface area contributed by atoms with E-state index in [9.17, 15) is 0 Å². The molecule has 5 nitrogen and oxygen atoms in total. The number of rotatable bonds is 3. The minimum atomic E-state index is 0. The minimum Gasteiger partial charge on any atom is -0.462 e. The first-order valence-electron chi connectivity index (χ1n) is 13.2. The molecule has 0 spiro atoms. The number of morpholine rings is 1. The van der Waals surface area contributed by atoms with Gasteiger partial charge in [-0.1, -0.05) is 76.1 Å². The molecule has 2 aliphatic rings. The predicted molar refractivity (Wildman–Crippen MR) is 162 cm³/mol. The van der Waals surface area contributed by atoms with E-state index in [1.807, 2.05) is 32.1 Å². The van der Waals surface area contributed by atoms with Crippen LogP contribution in [0, 0.1) is 19.3 Å². The van der Waals surface area contributed by atoms with Gasteiger partial charge in [-0.05, 0) is 63.1 Å². The largest absolute Gasteiger partial charge is 0.462 e. The van der Waals surface area contributed by atoms with Gasteiger partial charge < -0.3 is 20.1 Å². The van der Waals surface area contributed by atoms with Crippen molar-refractivity contribution in [2.45, 2.75) is 67.7 Å². The van der Waals surface area contributed by atoms with Crippen LogP contribution in [0.1, 0.15) is 67.9 Å². The summed E-state index contributed by atoms with van der Waals surface area (Å²) in [5.41, 5.74) is 8.56. The van der Waals surface area contributed by atoms with E-state index in [-0.39, 0.29) is 8.69 Å². The molecule has 4 rings (SSSR count). The number of anilines is 1. The zero-order chi connectivity index (χ0) is 27.2. The Morgan fingerprint density at radius 1 is 1.03 bits per heavy atom. The monoisotopic (exact) mass is 499 g/mol. The van der Waals surface area contributed by atoms with Crippen LogP contribution in [-0.4, -0.2) is 32.1 Å². The van der Waals surface area contributed by atoms with E-state index in [0.29, 0.717) is 0 Å². The lowest BCUT2D eigenvalue weighted by atomic mass is 10.1. The van der Waals surface area contributed by atoms with Gasteiger partial charge in [-0.2, -0.15) is 0 Å². The molecule has 0 radical (unpaired) electrons. The standard InChI is InChI=1S/C13H14O.C11H15NO.C3H8.C2H6N2.C2H6.2H2/c1-11-6-5-9-13(10-11)14-12-7-3-2-4-8-12;1-10-2-4-11(5-3-10)12-6-8-13-9-7-12;1-3-2;1-2(3)4;1-2;;/h2-3,5-7,9-10H,4,8H2,1H3;2-5H,6-9H2,1H3;3H2,1-2H3;1H3,(H3,3,4);1-2H3;2*1H. The van der Waals surface area contributed by atoms with E-state index in [4.69, 9.17) is 20.6 Å². The molecule has 1 aliphatic heterocycles. The van der Waals surface area contributed by atoms with Crippen LogP contribution < -0.4 is 15.4 Å². The van der Waals surface area contributed by atoms with E-state index in [1.165, 1.54) is 30.2 Å². The summed E-state index contributed by atoms with van der Waals surface area (Å²) in [6, 6.07) is 16.8. The van der Waals surface area contributed by atoms with Crippen molar-refractivity contribution in [3.8, 4) is 5.75 Å². The summed E-state index contributed by atoms with van der Waals surface area (Å²) >= 11 is 0. The summed E-state index contributed by atoms with van der Waals surface area (Å²) in [6.07, 6.45) is 9.58. The van der Waals surface area contributed by atoms with Gasteiger partial charge in [-0.3, -0.25) is 5.41 Å². The highest BCUT2D eigenvalue weighted by molar-refractivity contribution is 5.73. The SMILES string of the molecule is CC.CC(=N)N.CCC.Cc1ccc(N2CCOCC2)cc1.Cc1cccc(OC2=CC=CCC2)c1.[HH].[HH]. The molecule has 0 atom stereocenters. The number of amidine groups is 1. The molecule has 1 aliphatic carbocycles. The third-order valence-corrected chi connectivity index (χ3v) is 4.62. The second-order valence-corrected chi connectivity index (χ2v) is 8.34. The van der Waals surface area contributed by atoms with E-state index >= 15 is 0 Å². The van der Waals surface area contributed by atoms with Crippen LogP contribution in [0.15, 0.2) is 72.5 Å². The lowest BCUT2D eigenvalue weighted by Gasteiger charge is -2.28. The number of hydrogen-bond donors (Lipinski definition) is 2. The van der Waals surface area contributed by atoms with E-state index in [0.717, 1.165) is 50.7 Å². The van der Waals surface area contributed by atoms with Crippen LogP contribution in [-0.2, 0) is 4.74 Å². The maximum Gasteiger partial charge on any atom is 0.127 e. The van der Waals surface area contributed by atoms with Crippen molar-refractivity contribution in [3.05, 3.63) is 83.6 Å².